The number of nitrogens with zero attached hydrogens (tertiary/aromatic N) is 2. The first-order valence-corrected chi connectivity index (χ1v) is 8.28. The van der Waals surface area contributed by atoms with Crippen LogP contribution in [0.4, 0.5) is 0 Å². The highest BCUT2D eigenvalue weighted by Gasteiger charge is 2.15. The summed E-state index contributed by atoms with van der Waals surface area (Å²) in [6.45, 7) is 20.6. The minimum absolute atomic E-state index is 0.587. The largest absolute Gasteiger partial charge is 0.313 e. The van der Waals surface area contributed by atoms with E-state index in [9.17, 15) is 0 Å². The molecule has 0 aliphatic rings. The minimum atomic E-state index is 0.587. The van der Waals surface area contributed by atoms with Gasteiger partial charge in [0, 0.05) is 18.6 Å². The fraction of sp³-hybridized carbons (Fsp3) is 1.00. The van der Waals surface area contributed by atoms with E-state index in [0.29, 0.717) is 12.1 Å². The first kappa shape index (κ1) is 18.9. The molecule has 0 fully saturated rings. The summed E-state index contributed by atoms with van der Waals surface area (Å²) in [5.74, 6) is 0. The van der Waals surface area contributed by atoms with Gasteiger partial charge in [-0.15, -0.1) is 0 Å². The number of likely N-dealkylation sites (N-methyl/N-ethyl adjacent to an activating group) is 1. The zero-order valence-electron chi connectivity index (χ0n) is 14.2. The van der Waals surface area contributed by atoms with Gasteiger partial charge in [-0.05, 0) is 45.6 Å². The van der Waals surface area contributed by atoms with E-state index in [1.54, 1.807) is 0 Å². The fourth-order valence-corrected chi connectivity index (χ4v) is 2.54. The summed E-state index contributed by atoms with van der Waals surface area (Å²) in [4.78, 5) is 5.15. The highest BCUT2D eigenvalue weighted by atomic mass is 15.2. The second kappa shape index (κ2) is 11.7. The van der Waals surface area contributed by atoms with Gasteiger partial charge in [-0.2, -0.15) is 0 Å². The van der Waals surface area contributed by atoms with E-state index in [2.05, 4.69) is 56.7 Å². The molecular weight excluding hydrogens is 234 g/mol. The van der Waals surface area contributed by atoms with Crippen LogP contribution in [0.2, 0.25) is 0 Å². The Morgan fingerprint density at radius 1 is 0.895 bits per heavy atom. The van der Waals surface area contributed by atoms with Crippen LogP contribution in [-0.4, -0.2) is 61.2 Å². The molecule has 3 heteroatoms. The molecule has 0 rings (SSSR count). The molecule has 1 N–H and O–H groups in total. The molecule has 0 aromatic carbocycles. The van der Waals surface area contributed by atoms with Crippen LogP contribution in [0.5, 0.6) is 0 Å². The number of hydrogen-bond acceptors (Lipinski definition) is 3. The normalized spacial score (nSPS) is 13.7. The molecule has 0 aromatic rings. The van der Waals surface area contributed by atoms with Crippen molar-refractivity contribution in [3.63, 3.8) is 0 Å². The van der Waals surface area contributed by atoms with E-state index in [-0.39, 0.29) is 0 Å². The van der Waals surface area contributed by atoms with Crippen molar-refractivity contribution >= 4 is 0 Å². The molecule has 0 spiro atoms. The fourth-order valence-electron chi connectivity index (χ4n) is 2.54. The van der Waals surface area contributed by atoms with Gasteiger partial charge in [0.1, 0.15) is 0 Å². The van der Waals surface area contributed by atoms with Crippen molar-refractivity contribution in [1.29, 1.82) is 0 Å². The maximum absolute atomic E-state index is 3.58. The quantitative estimate of drug-likeness (QED) is 0.589. The molecule has 1 atom stereocenters. The standard InChI is InChI=1S/C16H37N3/c1-7-16(14-17-15(5)6)19(10-4)13-11-12-18(8-2)9-3/h15-17H,7-14H2,1-6H3. The average molecular weight is 271 g/mol. The van der Waals surface area contributed by atoms with Crippen LogP contribution in [0.15, 0.2) is 0 Å². The van der Waals surface area contributed by atoms with Crippen molar-refractivity contribution in [1.82, 2.24) is 15.1 Å². The third kappa shape index (κ3) is 8.61. The molecule has 116 valence electrons. The molecular formula is C16H37N3. The maximum atomic E-state index is 3.58. The number of nitrogens with one attached hydrogen (secondary N) is 1. The SMILES string of the molecule is CCC(CNC(C)C)N(CC)CCCN(CC)CC. The highest BCUT2D eigenvalue weighted by molar-refractivity contribution is 4.73. The molecule has 0 saturated carbocycles. The third-order valence-corrected chi connectivity index (χ3v) is 3.97. The van der Waals surface area contributed by atoms with Crippen LogP contribution in [0, 0.1) is 0 Å². The lowest BCUT2D eigenvalue weighted by Crippen LogP contribution is -2.44. The first-order valence-electron chi connectivity index (χ1n) is 8.28. The first-order chi connectivity index (χ1) is 9.08. The summed E-state index contributed by atoms with van der Waals surface area (Å²) in [6, 6.07) is 1.27. The second-order valence-electron chi connectivity index (χ2n) is 5.63. The van der Waals surface area contributed by atoms with Gasteiger partial charge in [0.15, 0.2) is 0 Å². The summed E-state index contributed by atoms with van der Waals surface area (Å²) < 4.78 is 0. The predicted molar refractivity (Wildman–Crippen MR) is 86.9 cm³/mol. The lowest BCUT2D eigenvalue weighted by Gasteiger charge is -2.31. The van der Waals surface area contributed by atoms with Crippen LogP contribution >= 0.6 is 0 Å². The second-order valence-corrected chi connectivity index (χ2v) is 5.63. The molecule has 0 amide bonds. The van der Waals surface area contributed by atoms with Gasteiger partial charge in [0.05, 0.1) is 0 Å². The Bertz CT molecular complexity index is 190. The topological polar surface area (TPSA) is 18.5 Å². The Morgan fingerprint density at radius 2 is 1.53 bits per heavy atom. The third-order valence-electron chi connectivity index (χ3n) is 3.97. The molecule has 0 aliphatic carbocycles. The molecule has 3 nitrogen and oxygen atoms in total. The van der Waals surface area contributed by atoms with Crippen molar-refractivity contribution in [2.45, 2.75) is 66.5 Å². The number of hydrogen-bond donors (Lipinski definition) is 1. The smallest absolute Gasteiger partial charge is 0.0218 e. The van der Waals surface area contributed by atoms with Crippen LogP contribution in [-0.2, 0) is 0 Å². The van der Waals surface area contributed by atoms with Crippen LogP contribution in [0.3, 0.4) is 0 Å². The van der Waals surface area contributed by atoms with Crippen molar-refractivity contribution in [3.8, 4) is 0 Å². The monoisotopic (exact) mass is 271 g/mol. The molecule has 0 radical (unpaired) electrons. The van der Waals surface area contributed by atoms with Gasteiger partial charge < -0.3 is 10.2 Å². The molecule has 0 saturated heterocycles. The Labute approximate surface area is 121 Å². The highest BCUT2D eigenvalue weighted by Crippen LogP contribution is 2.05. The van der Waals surface area contributed by atoms with Gasteiger partial charge >= 0.3 is 0 Å². The van der Waals surface area contributed by atoms with E-state index in [4.69, 9.17) is 0 Å². The summed E-state index contributed by atoms with van der Waals surface area (Å²) in [5.41, 5.74) is 0. The summed E-state index contributed by atoms with van der Waals surface area (Å²) in [5, 5.41) is 3.58. The predicted octanol–water partition coefficient (Wildman–Crippen LogP) is 2.82. The van der Waals surface area contributed by atoms with E-state index in [1.165, 1.54) is 39.0 Å². The van der Waals surface area contributed by atoms with Crippen LogP contribution in [0.1, 0.15) is 54.4 Å². The molecule has 0 heterocycles. The molecule has 1 unspecified atom stereocenters. The zero-order chi connectivity index (χ0) is 14.7. The average Bonchev–Trinajstić information content (AvgIpc) is 2.41. The van der Waals surface area contributed by atoms with Gasteiger partial charge in [-0.25, -0.2) is 0 Å². The Kier molecular flexibility index (Phi) is 11.6. The molecule has 0 bridgehead atoms. The lowest BCUT2D eigenvalue weighted by molar-refractivity contribution is 0.178. The van der Waals surface area contributed by atoms with E-state index >= 15 is 0 Å². The Morgan fingerprint density at radius 3 is 1.95 bits per heavy atom. The van der Waals surface area contributed by atoms with Crippen molar-refractivity contribution in [2.75, 3.05) is 39.3 Å². The Hall–Kier alpha value is -0.120. The van der Waals surface area contributed by atoms with Crippen molar-refractivity contribution < 1.29 is 0 Å². The van der Waals surface area contributed by atoms with Crippen LogP contribution in [0.25, 0.3) is 0 Å². The van der Waals surface area contributed by atoms with E-state index in [1.807, 2.05) is 0 Å². The summed E-state index contributed by atoms with van der Waals surface area (Å²) >= 11 is 0. The minimum Gasteiger partial charge on any atom is -0.313 e. The summed E-state index contributed by atoms with van der Waals surface area (Å²) in [7, 11) is 0. The van der Waals surface area contributed by atoms with E-state index in [0.717, 1.165) is 13.1 Å². The molecule has 0 aliphatic heterocycles. The van der Waals surface area contributed by atoms with Crippen molar-refractivity contribution in [3.05, 3.63) is 0 Å². The number of rotatable bonds is 12. The van der Waals surface area contributed by atoms with Gasteiger partial charge in [0.2, 0.25) is 0 Å². The van der Waals surface area contributed by atoms with Gasteiger partial charge in [0.25, 0.3) is 0 Å². The van der Waals surface area contributed by atoms with Crippen molar-refractivity contribution in [2.24, 2.45) is 0 Å². The van der Waals surface area contributed by atoms with Gasteiger partial charge in [-0.3, -0.25) is 4.90 Å². The summed E-state index contributed by atoms with van der Waals surface area (Å²) in [6.07, 6.45) is 2.52. The zero-order valence-corrected chi connectivity index (χ0v) is 14.2. The Balaban J connectivity index is 4.07. The van der Waals surface area contributed by atoms with Crippen LogP contribution < -0.4 is 5.32 Å². The molecule has 0 aromatic heterocycles. The van der Waals surface area contributed by atoms with Gasteiger partial charge in [-0.1, -0.05) is 41.5 Å². The maximum Gasteiger partial charge on any atom is 0.0218 e. The van der Waals surface area contributed by atoms with E-state index < -0.39 is 0 Å². The lowest BCUT2D eigenvalue weighted by atomic mass is 10.1. The molecule has 19 heavy (non-hydrogen) atoms.